The molecule has 14 heteroatoms. The zero-order valence-corrected chi connectivity index (χ0v) is 27.2. The van der Waals surface area contributed by atoms with Gasteiger partial charge in [0.25, 0.3) is 5.91 Å². The summed E-state index contributed by atoms with van der Waals surface area (Å²) in [6, 6.07) is 0.545. The molecule has 1 fully saturated rings. The van der Waals surface area contributed by atoms with Gasteiger partial charge in [-0.05, 0) is 84.5 Å². The van der Waals surface area contributed by atoms with Crippen molar-refractivity contribution in [3.05, 3.63) is 39.9 Å². The zero-order valence-electron chi connectivity index (χ0n) is 27.2. The number of aliphatic hydroxyl groups is 3. The highest BCUT2D eigenvalue weighted by molar-refractivity contribution is 6.25. The Morgan fingerprint density at radius 3 is 2.28 bits per heavy atom. The maximum absolute atomic E-state index is 14.2. The molecule has 3 aliphatic carbocycles. The van der Waals surface area contributed by atoms with E-state index in [1.54, 1.807) is 63.1 Å². The SMILES string of the molecule is CN(C)CC(=O)Nc1cc(N(C)C)c2c(c1O)C(=O)C1=C(O)C3(O)C(=O)C(C(=O)NCN4CCCC4)=C(O)[C@@H](N(C)C)C3CC1C2. The van der Waals surface area contributed by atoms with Gasteiger partial charge in [-0.2, -0.15) is 0 Å². The van der Waals surface area contributed by atoms with Crippen molar-refractivity contribution in [2.75, 3.05) is 78.8 Å². The molecule has 4 aliphatic rings. The number of ketones is 2. The van der Waals surface area contributed by atoms with Gasteiger partial charge in [-0.25, -0.2) is 0 Å². The number of nitrogens with one attached hydrogen (secondary N) is 2. The average molecular weight is 641 g/mol. The number of likely N-dealkylation sites (N-methyl/N-ethyl adjacent to an activating group) is 2. The number of phenolic OH excluding ortho intramolecular Hbond substituents is 1. The summed E-state index contributed by atoms with van der Waals surface area (Å²) >= 11 is 0. The van der Waals surface area contributed by atoms with Gasteiger partial charge in [-0.3, -0.25) is 29.0 Å². The zero-order chi connectivity index (χ0) is 33.8. The fourth-order valence-electron chi connectivity index (χ4n) is 7.46. The van der Waals surface area contributed by atoms with Crippen molar-refractivity contribution >= 4 is 34.8 Å². The van der Waals surface area contributed by atoms with E-state index in [-0.39, 0.29) is 42.9 Å². The van der Waals surface area contributed by atoms with E-state index in [4.69, 9.17) is 0 Å². The summed E-state index contributed by atoms with van der Waals surface area (Å²) in [5.41, 5.74) is -2.72. The summed E-state index contributed by atoms with van der Waals surface area (Å²) < 4.78 is 0. The Morgan fingerprint density at radius 1 is 1.04 bits per heavy atom. The summed E-state index contributed by atoms with van der Waals surface area (Å²) in [7, 11) is 10.2. The lowest BCUT2D eigenvalue weighted by Crippen LogP contribution is -2.64. The number of amides is 2. The quantitative estimate of drug-likeness (QED) is 0.170. The van der Waals surface area contributed by atoms with Gasteiger partial charge in [0.15, 0.2) is 17.1 Å². The van der Waals surface area contributed by atoms with Crippen LogP contribution in [-0.2, 0) is 20.8 Å². The molecule has 0 saturated carbocycles. The Hall–Kier alpha value is -3.98. The van der Waals surface area contributed by atoms with E-state index >= 15 is 0 Å². The first-order valence-electron chi connectivity index (χ1n) is 15.5. The molecule has 1 aromatic carbocycles. The van der Waals surface area contributed by atoms with E-state index in [0.717, 1.165) is 25.9 Å². The molecule has 14 nitrogen and oxygen atoms in total. The minimum Gasteiger partial charge on any atom is -0.510 e. The normalized spacial score (nSPS) is 26.3. The molecule has 1 saturated heterocycles. The maximum atomic E-state index is 14.2. The smallest absolute Gasteiger partial charge is 0.259 e. The third-order valence-electron chi connectivity index (χ3n) is 9.56. The van der Waals surface area contributed by atoms with Crippen LogP contribution in [0.15, 0.2) is 28.7 Å². The summed E-state index contributed by atoms with van der Waals surface area (Å²) in [6.45, 7) is 1.70. The van der Waals surface area contributed by atoms with Crippen LogP contribution in [-0.4, -0.2) is 139 Å². The lowest BCUT2D eigenvalue weighted by atomic mass is 9.58. The Morgan fingerprint density at radius 2 is 1.70 bits per heavy atom. The molecule has 0 aromatic heterocycles. The number of benzene rings is 1. The van der Waals surface area contributed by atoms with Gasteiger partial charge in [-0.15, -0.1) is 0 Å². The number of fused-ring (bicyclic) bond motifs is 3. The van der Waals surface area contributed by atoms with Crippen molar-refractivity contribution in [3.8, 4) is 5.75 Å². The molecule has 46 heavy (non-hydrogen) atoms. The Bertz CT molecular complexity index is 1540. The van der Waals surface area contributed by atoms with Crippen molar-refractivity contribution in [1.82, 2.24) is 20.0 Å². The first-order chi connectivity index (χ1) is 21.6. The number of Topliss-reactive ketones (excluding diaryl/α,β-unsaturated/α-hetero) is 2. The molecule has 6 N–H and O–H groups in total. The second-order valence-electron chi connectivity index (χ2n) is 13.4. The molecule has 3 unspecified atom stereocenters. The van der Waals surface area contributed by atoms with Crippen molar-refractivity contribution in [1.29, 1.82) is 0 Å². The second-order valence-corrected chi connectivity index (χ2v) is 13.4. The second kappa shape index (κ2) is 12.3. The number of anilines is 2. The predicted octanol–water partition coefficient (Wildman–Crippen LogP) is 0.371. The minimum absolute atomic E-state index is 0.000169. The van der Waals surface area contributed by atoms with E-state index in [1.807, 2.05) is 4.90 Å². The number of hydrogen-bond acceptors (Lipinski definition) is 12. The average Bonchev–Trinajstić information content (AvgIpc) is 3.48. The van der Waals surface area contributed by atoms with Crippen LogP contribution in [0.25, 0.3) is 0 Å². The number of aliphatic hydroxyl groups excluding tert-OH is 2. The topological polar surface area (TPSA) is 186 Å². The van der Waals surface area contributed by atoms with Gasteiger partial charge >= 0.3 is 0 Å². The molecule has 0 spiro atoms. The number of allylic oxidation sites excluding steroid dienone is 1. The number of likely N-dealkylation sites (tertiary alicyclic amines) is 1. The molecule has 4 atom stereocenters. The monoisotopic (exact) mass is 640 g/mol. The Labute approximate surface area is 267 Å². The van der Waals surface area contributed by atoms with Crippen LogP contribution in [0, 0.1) is 11.8 Å². The van der Waals surface area contributed by atoms with Crippen LogP contribution in [0.1, 0.15) is 35.2 Å². The number of nitrogens with zero attached hydrogens (tertiary/aromatic N) is 4. The van der Waals surface area contributed by atoms with Gasteiger partial charge in [0.2, 0.25) is 11.7 Å². The van der Waals surface area contributed by atoms with Crippen molar-refractivity contribution in [2.24, 2.45) is 11.8 Å². The van der Waals surface area contributed by atoms with E-state index in [1.165, 1.54) is 0 Å². The van der Waals surface area contributed by atoms with Crippen LogP contribution in [0.2, 0.25) is 0 Å². The fraction of sp³-hybridized carbons (Fsp3) is 0.562. The lowest BCUT2D eigenvalue weighted by Gasteiger charge is -2.50. The Balaban J connectivity index is 1.60. The minimum atomic E-state index is -2.70. The molecule has 1 aliphatic heterocycles. The molecule has 5 rings (SSSR count). The summed E-state index contributed by atoms with van der Waals surface area (Å²) in [5.74, 6) is -7.00. The van der Waals surface area contributed by atoms with Crippen LogP contribution in [0.4, 0.5) is 11.4 Å². The Kier molecular flexibility index (Phi) is 8.94. The molecule has 2 amide bonds. The van der Waals surface area contributed by atoms with Crippen LogP contribution < -0.4 is 15.5 Å². The fourth-order valence-corrected chi connectivity index (χ4v) is 7.46. The molecule has 0 radical (unpaired) electrons. The van der Waals surface area contributed by atoms with E-state index in [9.17, 15) is 39.6 Å². The van der Waals surface area contributed by atoms with Gasteiger partial charge in [0.05, 0.1) is 30.5 Å². The first kappa shape index (κ1) is 33.4. The number of carbonyl (C=O) groups excluding carboxylic acids is 4. The van der Waals surface area contributed by atoms with Crippen molar-refractivity contribution < 1.29 is 39.6 Å². The molecular formula is C32H44N6O8. The first-order valence-corrected chi connectivity index (χ1v) is 15.5. The number of rotatable bonds is 8. The van der Waals surface area contributed by atoms with Crippen LogP contribution in [0.5, 0.6) is 5.75 Å². The third-order valence-corrected chi connectivity index (χ3v) is 9.56. The van der Waals surface area contributed by atoms with Crippen molar-refractivity contribution in [2.45, 2.75) is 37.3 Å². The molecule has 0 bridgehead atoms. The molecule has 1 heterocycles. The number of aromatic hydroxyl groups is 1. The van der Waals surface area contributed by atoms with E-state index in [2.05, 4.69) is 10.6 Å². The molecular weight excluding hydrogens is 596 g/mol. The third kappa shape index (κ3) is 5.42. The van der Waals surface area contributed by atoms with Gasteiger partial charge in [0, 0.05) is 31.3 Å². The number of hydrogen-bond donors (Lipinski definition) is 6. The van der Waals surface area contributed by atoms with Gasteiger partial charge < -0.3 is 40.9 Å². The highest BCUT2D eigenvalue weighted by Gasteiger charge is 2.63. The van der Waals surface area contributed by atoms with Crippen molar-refractivity contribution in [3.63, 3.8) is 0 Å². The van der Waals surface area contributed by atoms with Gasteiger partial charge in [-0.1, -0.05) is 0 Å². The largest absolute Gasteiger partial charge is 0.510 e. The maximum Gasteiger partial charge on any atom is 0.259 e. The van der Waals surface area contributed by atoms with Gasteiger partial charge in [0.1, 0.15) is 17.1 Å². The lowest BCUT2D eigenvalue weighted by molar-refractivity contribution is -0.148. The highest BCUT2D eigenvalue weighted by atomic mass is 16.3. The standard InChI is InChI=1S/C32H44N6O8/c1-35(2)14-21(39)34-19-13-20(36(3)4)17-11-16-12-18-25(37(5)6)28(42)24(31(45)33-15-38-9-7-8-10-38)30(44)32(18,46)29(43)22(16)27(41)23(17)26(19)40/h13,16,18,25,40,42-43,46H,7-12,14-15H2,1-6H3,(H,33,45)(H,34,39)/t16?,18?,25-,32?/m0/s1. The molecule has 1 aromatic rings. The number of phenols is 1. The highest BCUT2D eigenvalue weighted by Crippen LogP contribution is 2.54. The summed E-state index contributed by atoms with van der Waals surface area (Å²) in [6.07, 6.45) is 2.11. The van der Waals surface area contributed by atoms with Crippen LogP contribution in [0.3, 0.4) is 0 Å². The summed E-state index contributed by atoms with van der Waals surface area (Å²) in [5, 5.41) is 51.9. The molecule has 250 valence electrons. The van der Waals surface area contributed by atoms with E-state index < -0.39 is 69.7 Å². The number of carbonyl (C=O) groups is 4. The predicted molar refractivity (Wildman–Crippen MR) is 170 cm³/mol. The van der Waals surface area contributed by atoms with E-state index in [0.29, 0.717) is 11.3 Å². The van der Waals surface area contributed by atoms with Crippen LogP contribution >= 0.6 is 0 Å². The summed E-state index contributed by atoms with van der Waals surface area (Å²) in [4.78, 5) is 61.2.